The van der Waals surface area contributed by atoms with Gasteiger partial charge in [-0.2, -0.15) is 0 Å². The Labute approximate surface area is 81.4 Å². The highest BCUT2D eigenvalue weighted by atomic mass is 16.5. The molecule has 0 atom stereocenters. The van der Waals surface area contributed by atoms with Crippen molar-refractivity contribution in [2.75, 3.05) is 39.4 Å². The van der Waals surface area contributed by atoms with Crippen LogP contribution >= 0.6 is 0 Å². The van der Waals surface area contributed by atoms with Crippen LogP contribution in [0.1, 0.15) is 20.8 Å². The van der Waals surface area contributed by atoms with Crippen LogP contribution in [0.15, 0.2) is 0 Å². The van der Waals surface area contributed by atoms with E-state index in [9.17, 15) is 0 Å². The van der Waals surface area contributed by atoms with Crippen LogP contribution in [0.5, 0.6) is 0 Å². The SMILES string of the molecule is CCOCC(C)(C)N1CCNCC1. The molecular weight excluding hydrogens is 164 g/mol. The van der Waals surface area contributed by atoms with Crippen LogP contribution in [0.25, 0.3) is 0 Å². The number of ether oxygens (including phenoxy) is 1. The Morgan fingerprint density at radius 2 is 1.92 bits per heavy atom. The van der Waals surface area contributed by atoms with E-state index in [1.807, 2.05) is 6.92 Å². The monoisotopic (exact) mass is 186 g/mol. The smallest absolute Gasteiger partial charge is 0.0644 e. The molecule has 0 aliphatic carbocycles. The summed E-state index contributed by atoms with van der Waals surface area (Å²) in [6.07, 6.45) is 0. The van der Waals surface area contributed by atoms with Crippen molar-refractivity contribution in [1.29, 1.82) is 0 Å². The summed E-state index contributed by atoms with van der Waals surface area (Å²) < 4.78 is 5.49. The van der Waals surface area contributed by atoms with Gasteiger partial charge in [0.25, 0.3) is 0 Å². The normalized spacial score (nSPS) is 20.5. The summed E-state index contributed by atoms with van der Waals surface area (Å²) in [5.41, 5.74) is 0.193. The molecule has 1 fully saturated rings. The van der Waals surface area contributed by atoms with Crippen LogP contribution in [0.2, 0.25) is 0 Å². The van der Waals surface area contributed by atoms with Crippen LogP contribution in [0.3, 0.4) is 0 Å². The summed E-state index contributed by atoms with van der Waals surface area (Å²) in [6.45, 7) is 12.7. The van der Waals surface area contributed by atoms with E-state index in [-0.39, 0.29) is 5.54 Å². The van der Waals surface area contributed by atoms with E-state index in [0.717, 1.165) is 39.4 Å². The van der Waals surface area contributed by atoms with Crippen LogP contribution in [-0.4, -0.2) is 49.8 Å². The maximum atomic E-state index is 5.49. The summed E-state index contributed by atoms with van der Waals surface area (Å²) in [6, 6.07) is 0. The van der Waals surface area contributed by atoms with E-state index in [4.69, 9.17) is 4.74 Å². The molecule has 0 unspecified atom stereocenters. The fourth-order valence-corrected chi connectivity index (χ4v) is 1.71. The first-order valence-corrected chi connectivity index (χ1v) is 5.20. The Kier molecular flexibility index (Phi) is 4.16. The van der Waals surface area contributed by atoms with Crippen molar-refractivity contribution in [3.63, 3.8) is 0 Å². The molecule has 78 valence electrons. The summed E-state index contributed by atoms with van der Waals surface area (Å²) >= 11 is 0. The predicted molar refractivity (Wildman–Crippen MR) is 55.0 cm³/mol. The van der Waals surface area contributed by atoms with Crippen molar-refractivity contribution in [1.82, 2.24) is 10.2 Å². The van der Waals surface area contributed by atoms with E-state index in [2.05, 4.69) is 24.1 Å². The van der Waals surface area contributed by atoms with Gasteiger partial charge in [0.2, 0.25) is 0 Å². The minimum Gasteiger partial charge on any atom is -0.380 e. The molecule has 0 aromatic heterocycles. The molecule has 0 radical (unpaired) electrons. The van der Waals surface area contributed by atoms with Crippen molar-refractivity contribution >= 4 is 0 Å². The Bertz CT molecular complexity index is 142. The average molecular weight is 186 g/mol. The summed E-state index contributed by atoms with van der Waals surface area (Å²) in [5, 5.41) is 3.36. The van der Waals surface area contributed by atoms with E-state index in [0.29, 0.717) is 0 Å². The standard InChI is InChI=1S/C10H22N2O/c1-4-13-9-10(2,3)12-7-5-11-6-8-12/h11H,4-9H2,1-3H3. The summed E-state index contributed by atoms with van der Waals surface area (Å²) in [4.78, 5) is 2.50. The van der Waals surface area contributed by atoms with Crippen LogP contribution in [0, 0.1) is 0 Å². The second kappa shape index (κ2) is 4.94. The van der Waals surface area contributed by atoms with Crippen molar-refractivity contribution in [2.24, 2.45) is 0 Å². The third kappa shape index (κ3) is 3.25. The molecule has 1 heterocycles. The minimum atomic E-state index is 0.193. The second-order valence-corrected chi connectivity index (χ2v) is 4.19. The molecule has 3 heteroatoms. The highest BCUT2D eigenvalue weighted by molar-refractivity contribution is 4.84. The fraction of sp³-hybridized carbons (Fsp3) is 1.00. The number of nitrogens with one attached hydrogen (secondary N) is 1. The van der Waals surface area contributed by atoms with Crippen molar-refractivity contribution in [2.45, 2.75) is 26.3 Å². The zero-order valence-electron chi connectivity index (χ0n) is 9.10. The lowest BCUT2D eigenvalue weighted by Crippen LogP contribution is -2.55. The lowest BCUT2D eigenvalue weighted by Gasteiger charge is -2.40. The maximum absolute atomic E-state index is 5.49. The molecule has 13 heavy (non-hydrogen) atoms. The van der Waals surface area contributed by atoms with Gasteiger partial charge in [-0.05, 0) is 20.8 Å². The third-order valence-corrected chi connectivity index (χ3v) is 2.63. The van der Waals surface area contributed by atoms with Gasteiger partial charge in [-0.25, -0.2) is 0 Å². The molecule has 1 saturated heterocycles. The largest absolute Gasteiger partial charge is 0.380 e. The first-order valence-electron chi connectivity index (χ1n) is 5.20. The lowest BCUT2D eigenvalue weighted by molar-refractivity contribution is 0.0102. The number of hydrogen-bond donors (Lipinski definition) is 1. The molecule has 0 bridgehead atoms. The van der Waals surface area contributed by atoms with Crippen LogP contribution < -0.4 is 5.32 Å². The van der Waals surface area contributed by atoms with Crippen LogP contribution in [-0.2, 0) is 4.74 Å². The molecule has 3 nitrogen and oxygen atoms in total. The molecule has 0 saturated carbocycles. The average Bonchev–Trinajstić information content (AvgIpc) is 2.16. The number of nitrogens with zero attached hydrogens (tertiary/aromatic N) is 1. The van der Waals surface area contributed by atoms with Crippen molar-refractivity contribution in [3.05, 3.63) is 0 Å². The van der Waals surface area contributed by atoms with Crippen molar-refractivity contribution < 1.29 is 4.74 Å². The van der Waals surface area contributed by atoms with Crippen molar-refractivity contribution in [3.8, 4) is 0 Å². The molecule has 0 aromatic rings. The van der Waals surface area contributed by atoms with E-state index in [1.165, 1.54) is 0 Å². The Morgan fingerprint density at radius 1 is 1.31 bits per heavy atom. The Balaban J connectivity index is 2.36. The zero-order chi connectivity index (χ0) is 9.73. The van der Waals surface area contributed by atoms with Gasteiger partial charge in [0, 0.05) is 38.3 Å². The van der Waals surface area contributed by atoms with E-state index >= 15 is 0 Å². The Hall–Kier alpha value is -0.120. The number of hydrogen-bond acceptors (Lipinski definition) is 3. The molecule has 1 rings (SSSR count). The van der Waals surface area contributed by atoms with E-state index in [1.54, 1.807) is 0 Å². The minimum absolute atomic E-state index is 0.193. The fourth-order valence-electron chi connectivity index (χ4n) is 1.71. The van der Waals surface area contributed by atoms with Gasteiger partial charge in [0.1, 0.15) is 0 Å². The zero-order valence-corrected chi connectivity index (χ0v) is 9.10. The Morgan fingerprint density at radius 3 is 2.46 bits per heavy atom. The topological polar surface area (TPSA) is 24.5 Å². The van der Waals surface area contributed by atoms with Gasteiger partial charge in [-0.3, -0.25) is 4.90 Å². The molecule has 0 amide bonds. The van der Waals surface area contributed by atoms with Crippen LogP contribution in [0.4, 0.5) is 0 Å². The molecule has 1 aliphatic heterocycles. The highest BCUT2D eigenvalue weighted by Gasteiger charge is 2.27. The predicted octanol–water partition coefficient (Wildman–Crippen LogP) is 0.707. The molecule has 0 spiro atoms. The van der Waals surface area contributed by atoms with Gasteiger partial charge < -0.3 is 10.1 Å². The lowest BCUT2D eigenvalue weighted by atomic mass is 10.0. The maximum Gasteiger partial charge on any atom is 0.0644 e. The van der Waals surface area contributed by atoms with Gasteiger partial charge in [-0.15, -0.1) is 0 Å². The van der Waals surface area contributed by atoms with Gasteiger partial charge in [0.05, 0.1) is 6.61 Å². The van der Waals surface area contributed by atoms with E-state index < -0.39 is 0 Å². The number of piperazine rings is 1. The molecule has 1 aliphatic rings. The summed E-state index contributed by atoms with van der Waals surface area (Å²) in [7, 11) is 0. The van der Waals surface area contributed by atoms with Gasteiger partial charge >= 0.3 is 0 Å². The third-order valence-electron chi connectivity index (χ3n) is 2.63. The quantitative estimate of drug-likeness (QED) is 0.699. The molecule has 1 N–H and O–H groups in total. The molecular formula is C10H22N2O. The van der Waals surface area contributed by atoms with Gasteiger partial charge in [0.15, 0.2) is 0 Å². The first kappa shape index (κ1) is 11.0. The highest BCUT2D eigenvalue weighted by Crippen LogP contribution is 2.15. The van der Waals surface area contributed by atoms with Gasteiger partial charge in [-0.1, -0.05) is 0 Å². The summed E-state index contributed by atoms with van der Waals surface area (Å²) in [5.74, 6) is 0. The second-order valence-electron chi connectivity index (χ2n) is 4.19. The molecule has 0 aromatic carbocycles. The number of rotatable bonds is 4. The first-order chi connectivity index (χ1) is 6.17.